The Kier molecular flexibility index (Phi) is 3.43. The molecule has 2 heterocycles. The van der Waals surface area contributed by atoms with Gasteiger partial charge in [0, 0.05) is 30.8 Å². The lowest BCUT2D eigenvalue weighted by atomic mass is 9.97. The number of rotatable bonds is 2. The van der Waals surface area contributed by atoms with Crippen molar-refractivity contribution in [3.05, 3.63) is 35.4 Å². The van der Waals surface area contributed by atoms with Crippen LogP contribution in [-0.4, -0.2) is 36.9 Å². The van der Waals surface area contributed by atoms with Crippen LogP contribution in [0.3, 0.4) is 0 Å². The Morgan fingerprint density at radius 2 is 1.55 bits per heavy atom. The van der Waals surface area contributed by atoms with Crippen molar-refractivity contribution in [2.75, 3.05) is 27.1 Å². The smallest absolute Gasteiger partial charge is 0.142 e. The Morgan fingerprint density at radius 3 is 2.23 bits per heavy atom. The molecule has 0 aromatic heterocycles. The van der Waals surface area contributed by atoms with Gasteiger partial charge in [0.25, 0.3) is 0 Å². The number of ether oxygens (including phenoxy) is 2. The molecule has 116 valence electrons. The number of hydrogen-bond acceptors (Lipinski definition) is 4. The SMILES string of the molecule is CCCN1COc2ccc3c4c(ccc3c2C1)OCN(C)C4. The van der Waals surface area contributed by atoms with Gasteiger partial charge < -0.3 is 9.47 Å². The van der Waals surface area contributed by atoms with Gasteiger partial charge in [-0.05, 0) is 36.4 Å². The molecule has 4 nitrogen and oxygen atoms in total. The van der Waals surface area contributed by atoms with Crippen LogP contribution >= 0.6 is 0 Å². The van der Waals surface area contributed by atoms with Crippen LogP contribution in [-0.2, 0) is 13.1 Å². The van der Waals surface area contributed by atoms with E-state index in [1.165, 1.54) is 21.9 Å². The molecule has 22 heavy (non-hydrogen) atoms. The van der Waals surface area contributed by atoms with E-state index in [0.717, 1.165) is 37.6 Å². The lowest BCUT2D eigenvalue weighted by Crippen LogP contribution is -2.32. The summed E-state index contributed by atoms with van der Waals surface area (Å²) < 4.78 is 11.8. The second-order valence-electron chi connectivity index (χ2n) is 6.29. The van der Waals surface area contributed by atoms with E-state index in [-0.39, 0.29) is 0 Å². The summed E-state index contributed by atoms with van der Waals surface area (Å²) >= 11 is 0. The van der Waals surface area contributed by atoms with Gasteiger partial charge in [-0.25, -0.2) is 0 Å². The molecule has 2 aromatic rings. The van der Waals surface area contributed by atoms with Gasteiger partial charge in [-0.15, -0.1) is 0 Å². The molecule has 0 saturated carbocycles. The van der Waals surface area contributed by atoms with Gasteiger partial charge in [-0.3, -0.25) is 9.80 Å². The van der Waals surface area contributed by atoms with E-state index >= 15 is 0 Å². The predicted molar refractivity (Wildman–Crippen MR) is 87.1 cm³/mol. The predicted octanol–water partition coefficient (Wildman–Crippen LogP) is 3.18. The van der Waals surface area contributed by atoms with Crippen molar-refractivity contribution >= 4 is 10.8 Å². The normalized spacial score (nSPS) is 18.5. The monoisotopic (exact) mass is 298 g/mol. The maximum atomic E-state index is 5.95. The second-order valence-corrected chi connectivity index (χ2v) is 6.29. The van der Waals surface area contributed by atoms with Crippen molar-refractivity contribution in [1.82, 2.24) is 9.80 Å². The second kappa shape index (κ2) is 5.45. The highest BCUT2D eigenvalue weighted by molar-refractivity contribution is 5.92. The average molecular weight is 298 g/mol. The first kappa shape index (κ1) is 13.9. The van der Waals surface area contributed by atoms with Gasteiger partial charge in [-0.2, -0.15) is 0 Å². The largest absolute Gasteiger partial charge is 0.478 e. The average Bonchev–Trinajstić information content (AvgIpc) is 2.54. The summed E-state index contributed by atoms with van der Waals surface area (Å²) in [6.45, 7) is 6.55. The van der Waals surface area contributed by atoms with Crippen molar-refractivity contribution in [2.24, 2.45) is 0 Å². The molecule has 0 fully saturated rings. The minimum Gasteiger partial charge on any atom is -0.478 e. The van der Waals surface area contributed by atoms with Crippen LogP contribution in [0.5, 0.6) is 11.5 Å². The molecule has 2 aliphatic heterocycles. The van der Waals surface area contributed by atoms with Crippen LogP contribution in [0.25, 0.3) is 10.8 Å². The van der Waals surface area contributed by atoms with Crippen molar-refractivity contribution < 1.29 is 9.47 Å². The lowest BCUT2D eigenvalue weighted by molar-refractivity contribution is 0.0964. The quantitative estimate of drug-likeness (QED) is 0.850. The molecule has 0 unspecified atom stereocenters. The molecule has 0 amide bonds. The first-order chi connectivity index (χ1) is 10.8. The van der Waals surface area contributed by atoms with Gasteiger partial charge in [0.2, 0.25) is 0 Å². The third-order valence-electron chi connectivity index (χ3n) is 4.53. The zero-order chi connectivity index (χ0) is 15.1. The van der Waals surface area contributed by atoms with Gasteiger partial charge >= 0.3 is 0 Å². The van der Waals surface area contributed by atoms with E-state index in [0.29, 0.717) is 13.5 Å². The van der Waals surface area contributed by atoms with Crippen molar-refractivity contribution in [2.45, 2.75) is 26.4 Å². The van der Waals surface area contributed by atoms with E-state index in [4.69, 9.17) is 9.47 Å². The maximum Gasteiger partial charge on any atom is 0.142 e. The van der Waals surface area contributed by atoms with Crippen molar-refractivity contribution in [3.63, 3.8) is 0 Å². The topological polar surface area (TPSA) is 24.9 Å². The fourth-order valence-electron chi connectivity index (χ4n) is 3.47. The van der Waals surface area contributed by atoms with Crippen molar-refractivity contribution in [3.8, 4) is 11.5 Å². The first-order valence-electron chi connectivity index (χ1n) is 8.00. The van der Waals surface area contributed by atoms with E-state index in [1.807, 2.05) is 0 Å². The molecule has 2 aliphatic rings. The molecule has 0 bridgehead atoms. The van der Waals surface area contributed by atoms with E-state index in [2.05, 4.69) is 48.0 Å². The summed E-state index contributed by atoms with van der Waals surface area (Å²) in [6, 6.07) is 8.61. The fraction of sp³-hybridized carbons (Fsp3) is 0.444. The highest BCUT2D eigenvalue weighted by Crippen LogP contribution is 2.38. The van der Waals surface area contributed by atoms with Crippen LogP contribution in [0.15, 0.2) is 24.3 Å². The number of benzene rings is 2. The molecule has 0 N–H and O–H groups in total. The fourth-order valence-corrected chi connectivity index (χ4v) is 3.47. The zero-order valence-electron chi connectivity index (χ0n) is 13.3. The summed E-state index contributed by atoms with van der Waals surface area (Å²) in [7, 11) is 2.09. The lowest BCUT2D eigenvalue weighted by Gasteiger charge is -2.31. The summed E-state index contributed by atoms with van der Waals surface area (Å²) in [6.07, 6.45) is 1.15. The molecule has 0 atom stereocenters. The van der Waals surface area contributed by atoms with Gasteiger partial charge in [0.1, 0.15) is 25.0 Å². The molecule has 2 aromatic carbocycles. The first-order valence-corrected chi connectivity index (χ1v) is 8.00. The van der Waals surface area contributed by atoms with Crippen LogP contribution in [0.1, 0.15) is 24.5 Å². The summed E-state index contributed by atoms with van der Waals surface area (Å²) in [4.78, 5) is 4.56. The number of hydrogen-bond donors (Lipinski definition) is 0. The van der Waals surface area contributed by atoms with Gasteiger partial charge in [-0.1, -0.05) is 19.1 Å². The van der Waals surface area contributed by atoms with E-state index in [9.17, 15) is 0 Å². The summed E-state index contributed by atoms with van der Waals surface area (Å²) in [5, 5.41) is 2.60. The Bertz CT molecular complexity index is 714. The number of fused-ring (bicyclic) bond motifs is 5. The Morgan fingerprint density at radius 1 is 0.909 bits per heavy atom. The van der Waals surface area contributed by atoms with Crippen molar-refractivity contribution in [1.29, 1.82) is 0 Å². The molecule has 4 heteroatoms. The Balaban J connectivity index is 1.83. The molecular formula is C18H22N2O2. The van der Waals surface area contributed by atoms with Gasteiger partial charge in [0.15, 0.2) is 0 Å². The van der Waals surface area contributed by atoms with E-state index < -0.39 is 0 Å². The minimum atomic E-state index is 0.664. The summed E-state index contributed by atoms with van der Waals surface area (Å²) in [5.74, 6) is 2.05. The van der Waals surface area contributed by atoms with Crippen LogP contribution < -0.4 is 9.47 Å². The maximum absolute atomic E-state index is 5.95. The van der Waals surface area contributed by atoms with Crippen LogP contribution in [0.2, 0.25) is 0 Å². The molecular weight excluding hydrogens is 276 g/mol. The highest BCUT2D eigenvalue weighted by atomic mass is 16.5. The third-order valence-corrected chi connectivity index (χ3v) is 4.53. The minimum absolute atomic E-state index is 0.664. The van der Waals surface area contributed by atoms with Crippen LogP contribution in [0, 0.1) is 0 Å². The van der Waals surface area contributed by atoms with Crippen LogP contribution in [0.4, 0.5) is 0 Å². The zero-order valence-corrected chi connectivity index (χ0v) is 13.3. The summed E-state index contributed by atoms with van der Waals surface area (Å²) in [5.41, 5.74) is 2.61. The molecule has 0 saturated heterocycles. The highest BCUT2D eigenvalue weighted by Gasteiger charge is 2.22. The van der Waals surface area contributed by atoms with Gasteiger partial charge in [0.05, 0.1) is 0 Å². The molecule has 0 radical (unpaired) electrons. The molecule has 4 rings (SSSR count). The number of nitrogens with zero attached hydrogens (tertiary/aromatic N) is 2. The molecule has 0 aliphatic carbocycles. The standard InChI is InChI=1S/C18H22N2O2/c1-3-8-20-10-16-14-5-6-17-15(9-19(2)11-21-17)13(14)4-7-18(16)22-12-20/h4-7H,3,8-12H2,1-2H3. The third kappa shape index (κ3) is 2.23. The Labute approximate surface area is 131 Å². The van der Waals surface area contributed by atoms with E-state index in [1.54, 1.807) is 0 Å². The Hall–Kier alpha value is -1.78. The molecule has 0 spiro atoms.